The Morgan fingerprint density at radius 3 is 1.47 bits per heavy atom. The first kappa shape index (κ1) is 87.4. The summed E-state index contributed by atoms with van der Waals surface area (Å²) < 4.78 is 6.11. The van der Waals surface area contributed by atoms with Crippen LogP contribution in [0.2, 0.25) is 0 Å². The Bertz CT molecular complexity index is 3140. The minimum Gasteiger partial charge on any atom is -0.396 e. The Morgan fingerprint density at radius 2 is 0.981 bits per heavy atom. The Kier molecular flexibility index (Phi) is 35.2. The number of carbonyl (C=O) groups excluding carboxylic acids is 12. The first-order valence-corrected chi connectivity index (χ1v) is 36.6. The molecule has 4 rings (SSSR count). The van der Waals surface area contributed by atoms with E-state index in [9.17, 15) is 34.2 Å². The van der Waals surface area contributed by atoms with Gasteiger partial charge in [0, 0.05) is 80.2 Å². The second kappa shape index (κ2) is 41.5. The number of benzene rings is 2. The number of carbonyl (C=O) groups is 12. The van der Waals surface area contributed by atoms with Crippen LogP contribution in [0.1, 0.15) is 152 Å². The molecule has 2 aromatic rings. The molecule has 103 heavy (non-hydrogen) atoms. The van der Waals surface area contributed by atoms with Gasteiger partial charge in [-0.15, -0.1) is 0 Å². The van der Waals surface area contributed by atoms with Gasteiger partial charge < -0.3 is 75.4 Å². The smallest absolute Gasteiger partial charge is 0.248 e. The van der Waals surface area contributed by atoms with Gasteiger partial charge in [0.1, 0.15) is 54.4 Å². The van der Waals surface area contributed by atoms with Crippen molar-refractivity contribution in [3.8, 4) is 0 Å². The number of hydrogen-bond acceptors (Lipinski definition) is 15. The van der Waals surface area contributed by atoms with Crippen molar-refractivity contribution in [1.29, 1.82) is 0 Å². The van der Waals surface area contributed by atoms with E-state index in [1.807, 2.05) is 48.5 Å². The maximum atomic E-state index is 15.5. The summed E-state index contributed by atoms with van der Waals surface area (Å²) in [5.41, 5.74) is 0.471. The number of nitrogens with one attached hydrogen (secondary N) is 4. The molecule has 0 aromatic heterocycles. The summed E-state index contributed by atoms with van der Waals surface area (Å²) in [4.78, 5) is 190. The van der Waals surface area contributed by atoms with Gasteiger partial charge in [0.15, 0.2) is 0 Å². The Morgan fingerprint density at radius 1 is 0.534 bits per heavy atom. The lowest BCUT2D eigenvalue weighted by molar-refractivity contribution is -0.151. The first-order chi connectivity index (χ1) is 48.4. The van der Waals surface area contributed by atoms with Crippen LogP contribution in [0.15, 0.2) is 60.7 Å². The van der Waals surface area contributed by atoms with E-state index in [2.05, 4.69) is 21.3 Å². The molecule has 2 aromatic carbocycles. The van der Waals surface area contributed by atoms with Crippen molar-refractivity contribution >= 4 is 70.9 Å². The largest absolute Gasteiger partial charge is 0.396 e. The number of rotatable bonds is 21. The van der Waals surface area contributed by atoms with E-state index in [0.717, 1.165) is 16.2 Å². The van der Waals surface area contributed by atoms with Gasteiger partial charge in [-0.25, -0.2) is 0 Å². The van der Waals surface area contributed by atoms with Crippen molar-refractivity contribution in [2.45, 2.75) is 214 Å². The number of nitrogens with zero attached hydrogens (tertiary/aromatic N) is 8. The van der Waals surface area contributed by atoms with Gasteiger partial charge >= 0.3 is 0 Å². The molecule has 0 bridgehead atoms. The predicted octanol–water partition coefficient (Wildman–Crippen LogP) is 3.26. The normalized spacial score (nSPS) is 24.1. The lowest BCUT2D eigenvalue weighted by atomic mass is 9.96. The number of piperidine rings is 1. The van der Waals surface area contributed by atoms with E-state index in [1.54, 1.807) is 93.3 Å². The topological polar surface area (TPSA) is 329 Å². The molecule has 12 amide bonds. The number of likely N-dealkylation sites (tertiary alicyclic amines) is 1. The van der Waals surface area contributed by atoms with Crippen molar-refractivity contribution in [2.24, 2.45) is 29.1 Å². The van der Waals surface area contributed by atoms with E-state index in [4.69, 9.17) is 4.74 Å². The van der Waals surface area contributed by atoms with Gasteiger partial charge in [0.25, 0.3) is 0 Å². The highest BCUT2D eigenvalue weighted by Gasteiger charge is 2.44. The summed E-state index contributed by atoms with van der Waals surface area (Å²) in [6.07, 6.45) is 0.910. The van der Waals surface area contributed by atoms with Crippen molar-refractivity contribution in [3.05, 3.63) is 71.8 Å². The van der Waals surface area contributed by atoms with Gasteiger partial charge in [-0.05, 0) is 86.7 Å². The molecule has 27 heteroatoms. The third-order valence-electron chi connectivity index (χ3n) is 19.3. The van der Waals surface area contributed by atoms with E-state index < -0.39 is 169 Å². The molecule has 2 aliphatic heterocycles. The summed E-state index contributed by atoms with van der Waals surface area (Å²) in [7, 11) is 8.33. The number of unbranched alkanes of at least 4 members (excludes halogenated alkanes) is 1. The molecule has 6 N–H and O–H groups in total. The molecule has 1 unspecified atom stereocenters. The SMILES string of the molecule is CCCCN1CC(=O)N(C)C(Cc2ccccc2)C(=O)N(C)[C@@H](CC(C)C)C(=O)N[C@@H](COCC(C)(C)CO)C(=O)N(C)[C@@H](CC(C)C)C(=O)N[C@H](C(=O)N2CCCCC2)CC(=O)N(C)CC(=O)N(C)[C@@H](Cc2ccccc2)C(=O)N[C@@H](C(C)C)C(=O)N(C)[C@@H](CC(C)C)C(=O)N[C@@H]([C@@H](C)O)C1=O. The number of hydrogen-bond donors (Lipinski definition) is 6. The molecule has 27 nitrogen and oxygen atoms in total. The zero-order valence-corrected chi connectivity index (χ0v) is 64.6. The van der Waals surface area contributed by atoms with Crippen LogP contribution in [0.5, 0.6) is 0 Å². The summed E-state index contributed by atoms with van der Waals surface area (Å²) in [6, 6.07) is 5.08. The van der Waals surface area contributed by atoms with E-state index in [0.29, 0.717) is 49.9 Å². The minimum absolute atomic E-state index is 0.0234. The average molecular weight is 1440 g/mol. The van der Waals surface area contributed by atoms with Crippen LogP contribution in [0.4, 0.5) is 0 Å². The molecular formula is C76H122N12O15. The number of amides is 12. The fraction of sp³-hybridized carbons (Fsp3) is 0.684. The number of likely N-dealkylation sites (N-methyl/N-ethyl adjacent to an activating group) is 6. The Balaban J connectivity index is 2.00. The zero-order valence-electron chi connectivity index (χ0n) is 64.6. The number of ether oxygens (including phenoxy) is 1. The molecule has 2 heterocycles. The average Bonchev–Trinajstić information content (AvgIpc) is 0.813. The maximum Gasteiger partial charge on any atom is 0.248 e. The summed E-state index contributed by atoms with van der Waals surface area (Å²) >= 11 is 0. The number of aliphatic hydroxyl groups excluding tert-OH is 2. The van der Waals surface area contributed by atoms with E-state index in [1.165, 1.54) is 73.7 Å². The van der Waals surface area contributed by atoms with Gasteiger partial charge in [-0.1, -0.05) is 143 Å². The highest BCUT2D eigenvalue weighted by atomic mass is 16.5. The molecule has 10 atom stereocenters. The van der Waals surface area contributed by atoms with Crippen LogP contribution >= 0.6 is 0 Å². The van der Waals surface area contributed by atoms with E-state index >= 15 is 33.6 Å². The maximum absolute atomic E-state index is 15.5. The second-order valence-electron chi connectivity index (χ2n) is 30.6. The monoisotopic (exact) mass is 1440 g/mol. The van der Waals surface area contributed by atoms with Gasteiger partial charge in [0.05, 0.1) is 45.4 Å². The summed E-state index contributed by atoms with van der Waals surface area (Å²) in [5.74, 6) is -10.3. The molecule has 2 aliphatic rings. The first-order valence-electron chi connectivity index (χ1n) is 36.6. The Labute approximate surface area is 611 Å². The molecule has 0 saturated carbocycles. The van der Waals surface area contributed by atoms with Crippen LogP contribution < -0.4 is 21.3 Å². The molecule has 2 saturated heterocycles. The highest BCUT2D eigenvalue weighted by molar-refractivity contribution is 6.00. The van der Waals surface area contributed by atoms with Gasteiger partial charge in [-0.2, -0.15) is 0 Å². The van der Waals surface area contributed by atoms with Crippen molar-refractivity contribution in [1.82, 2.24) is 60.5 Å². The predicted molar refractivity (Wildman–Crippen MR) is 392 cm³/mol. The van der Waals surface area contributed by atoms with Crippen molar-refractivity contribution in [3.63, 3.8) is 0 Å². The Hall–Kier alpha value is -8.04. The van der Waals surface area contributed by atoms with Crippen LogP contribution in [0.3, 0.4) is 0 Å². The zero-order chi connectivity index (χ0) is 77.3. The van der Waals surface area contributed by atoms with Crippen LogP contribution in [-0.2, 0) is 75.1 Å². The standard InChI is InChI=1S/C76H122N12O15/c1-19-20-34-88-44-64(93)83(15)61(41-54-32-26-22-27-33-54)73(100)85(17)58(38-49(4)5)68(95)78-56(45-103-47-76(11,12)46-89)71(98)84(16)57(37-48(2)3)67(94)77-55(72(99)87-35-28-23-29-36-87)42-62(91)81(13)43-63(92)82(14)60(40-53-30-24-21-25-31-53)70(97)79-65(51(8)9)74(101)86(18)59(39-50(6)7)69(96)80-66(52(10)90)75(88)102/h21-22,24-27,30-33,48-52,55-61,65-66,89-90H,19-20,23,28-29,34-47H2,1-18H3,(H,77,94)(H,78,95)(H,79,97)(H,80,96)/t52-,55+,56+,57+,58+,59+,60+,61?,65+,66+/m1/s1. The van der Waals surface area contributed by atoms with Crippen LogP contribution in [-0.4, -0.2) is 276 Å². The summed E-state index contributed by atoms with van der Waals surface area (Å²) in [5, 5.41) is 32.9. The lowest BCUT2D eigenvalue weighted by Crippen LogP contribution is -2.62. The molecular weight excluding hydrogens is 1320 g/mol. The van der Waals surface area contributed by atoms with Gasteiger partial charge in [0.2, 0.25) is 70.9 Å². The third-order valence-corrected chi connectivity index (χ3v) is 19.3. The van der Waals surface area contributed by atoms with Gasteiger partial charge in [-0.3, -0.25) is 57.5 Å². The summed E-state index contributed by atoms with van der Waals surface area (Å²) in [6.45, 7) is 19.6. The highest BCUT2D eigenvalue weighted by Crippen LogP contribution is 2.23. The second-order valence-corrected chi connectivity index (χ2v) is 30.6. The molecule has 576 valence electrons. The molecule has 0 aliphatic carbocycles. The quantitative estimate of drug-likeness (QED) is 0.105. The molecule has 2 fully saturated rings. The van der Waals surface area contributed by atoms with Crippen LogP contribution in [0.25, 0.3) is 0 Å². The molecule has 0 spiro atoms. The number of aliphatic hydroxyl groups is 2. The fourth-order valence-corrected chi connectivity index (χ4v) is 12.6. The third kappa shape index (κ3) is 26.3. The minimum atomic E-state index is -1.67. The lowest BCUT2D eigenvalue weighted by Gasteiger charge is -2.37. The van der Waals surface area contributed by atoms with E-state index in [-0.39, 0.29) is 69.6 Å². The van der Waals surface area contributed by atoms with Crippen molar-refractivity contribution in [2.75, 3.05) is 94.8 Å². The molecule has 0 radical (unpaired) electrons. The fourth-order valence-electron chi connectivity index (χ4n) is 12.6. The van der Waals surface area contributed by atoms with Crippen molar-refractivity contribution < 1.29 is 72.5 Å². The van der Waals surface area contributed by atoms with Crippen LogP contribution in [0, 0.1) is 29.1 Å².